The van der Waals surface area contributed by atoms with Crippen LogP contribution in [-0.4, -0.2) is 11.6 Å². The predicted molar refractivity (Wildman–Crippen MR) is 110 cm³/mol. The molecule has 3 nitrogen and oxygen atoms in total. The Labute approximate surface area is 163 Å². The molecule has 3 aromatic rings. The Kier molecular flexibility index (Phi) is 5.84. The van der Waals surface area contributed by atoms with Crippen molar-refractivity contribution in [3.8, 4) is 0 Å². The molecule has 0 radical (unpaired) electrons. The van der Waals surface area contributed by atoms with Crippen LogP contribution in [0.5, 0.6) is 0 Å². The summed E-state index contributed by atoms with van der Waals surface area (Å²) in [6.45, 7) is 1.97. The molecular weight excluding hydrogens is 358 g/mol. The van der Waals surface area contributed by atoms with E-state index in [-0.39, 0.29) is 11.6 Å². The highest BCUT2D eigenvalue weighted by Crippen LogP contribution is 2.24. The van der Waals surface area contributed by atoms with E-state index in [1.807, 2.05) is 37.3 Å². The third-order valence-corrected chi connectivity index (χ3v) is 4.31. The molecule has 0 unspecified atom stereocenters. The van der Waals surface area contributed by atoms with Gasteiger partial charge in [-0.1, -0.05) is 71.8 Å². The van der Waals surface area contributed by atoms with Crippen LogP contribution in [0, 0.1) is 6.92 Å². The van der Waals surface area contributed by atoms with Gasteiger partial charge in [0.05, 0.1) is 5.69 Å². The molecule has 0 amide bonds. The van der Waals surface area contributed by atoms with Gasteiger partial charge in [-0.25, -0.2) is 0 Å². The van der Waals surface area contributed by atoms with Crippen LogP contribution in [0.4, 0.5) is 5.69 Å². The summed E-state index contributed by atoms with van der Waals surface area (Å²) in [5.41, 5.74) is 3.31. The van der Waals surface area contributed by atoms with E-state index < -0.39 is 0 Å². The average Bonchev–Trinajstić information content (AvgIpc) is 2.69. The summed E-state index contributed by atoms with van der Waals surface area (Å²) in [6.07, 6.45) is 2.96. The number of hydrogen-bond acceptors (Lipinski definition) is 3. The van der Waals surface area contributed by atoms with Crippen LogP contribution in [0.3, 0.4) is 0 Å². The Hall–Kier alpha value is -3.17. The number of ketones is 2. The van der Waals surface area contributed by atoms with Crippen molar-refractivity contribution in [2.75, 3.05) is 5.32 Å². The van der Waals surface area contributed by atoms with Crippen LogP contribution < -0.4 is 5.32 Å². The van der Waals surface area contributed by atoms with Crippen molar-refractivity contribution in [1.82, 2.24) is 0 Å². The number of carbonyl (C=O) groups excluding carboxylic acids is 2. The number of hydrogen-bond donors (Lipinski definition) is 1. The number of anilines is 1. The van der Waals surface area contributed by atoms with Crippen LogP contribution in [0.1, 0.15) is 31.8 Å². The molecule has 4 heteroatoms. The van der Waals surface area contributed by atoms with E-state index in [1.54, 1.807) is 42.5 Å². The minimum Gasteiger partial charge on any atom is -0.361 e. The average molecular weight is 376 g/mol. The zero-order valence-electron chi connectivity index (χ0n) is 14.8. The first-order chi connectivity index (χ1) is 13.0. The lowest BCUT2D eigenvalue weighted by molar-refractivity contribution is 0.103. The maximum atomic E-state index is 12.8. The van der Waals surface area contributed by atoms with Crippen LogP contribution in [0.2, 0.25) is 5.02 Å². The first-order valence-electron chi connectivity index (χ1n) is 8.48. The molecule has 0 bridgehead atoms. The van der Waals surface area contributed by atoms with Crippen molar-refractivity contribution in [1.29, 1.82) is 0 Å². The molecule has 0 aliphatic heterocycles. The number of aryl methyl sites for hydroxylation is 1. The van der Waals surface area contributed by atoms with Crippen LogP contribution >= 0.6 is 11.6 Å². The molecule has 0 aromatic heterocycles. The van der Waals surface area contributed by atoms with Crippen molar-refractivity contribution in [3.05, 3.63) is 112 Å². The fourth-order valence-electron chi connectivity index (χ4n) is 2.60. The number of allylic oxidation sites excluding steroid dienone is 1. The number of benzene rings is 3. The standard InChI is InChI=1S/C23H18ClNO2/c1-16-7-9-17(10-8-16)22(26)13-14-25-21-15-19(24)11-12-20(21)23(27)18-5-3-2-4-6-18/h2-15,25H,1H3/b14-13-. The number of rotatable bonds is 6. The zero-order valence-corrected chi connectivity index (χ0v) is 15.5. The normalized spacial score (nSPS) is 10.7. The SMILES string of the molecule is Cc1ccc(C(=O)/C=C\Nc2cc(Cl)ccc2C(=O)c2ccccc2)cc1. The molecule has 0 heterocycles. The van der Waals surface area contributed by atoms with Crippen molar-refractivity contribution < 1.29 is 9.59 Å². The van der Waals surface area contributed by atoms with E-state index in [4.69, 9.17) is 11.6 Å². The van der Waals surface area contributed by atoms with E-state index in [2.05, 4.69) is 5.32 Å². The topological polar surface area (TPSA) is 46.2 Å². The Balaban J connectivity index is 1.80. The third-order valence-electron chi connectivity index (χ3n) is 4.07. The molecule has 1 N–H and O–H groups in total. The molecule has 0 aliphatic rings. The summed E-state index contributed by atoms with van der Waals surface area (Å²) < 4.78 is 0. The van der Waals surface area contributed by atoms with Crippen LogP contribution in [-0.2, 0) is 0 Å². The maximum absolute atomic E-state index is 12.8. The summed E-state index contributed by atoms with van der Waals surface area (Å²) in [5.74, 6) is -0.242. The molecule has 0 spiro atoms. The van der Waals surface area contributed by atoms with Gasteiger partial charge in [0.15, 0.2) is 11.6 Å². The molecule has 0 saturated carbocycles. The largest absolute Gasteiger partial charge is 0.361 e. The molecule has 27 heavy (non-hydrogen) atoms. The first-order valence-corrected chi connectivity index (χ1v) is 8.86. The van der Waals surface area contributed by atoms with E-state index in [0.29, 0.717) is 27.4 Å². The number of carbonyl (C=O) groups is 2. The highest BCUT2D eigenvalue weighted by Gasteiger charge is 2.13. The van der Waals surface area contributed by atoms with Crippen LogP contribution in [0.25, 0.3) is 0 Å². The Morgan fingerprint density at radius 3 is 2.30 bits per heavy atom. The highest BCUT2D eigenvalue weighted by molar-refractivity contribution is 6.31. The van der Waals surface area contributed by atoms with Gasteiger partial charge in [-0.3, -0.25) is 9.59 Å². The monoisotopic (exact) mass is 375 g/mol. The maximum Gasteiger partial charge on any atom is 0.195 e. The van der Waals surface area contributed by atoms with Crippen molar-refractivity contribution in [2.45, 2.75) is 6.92 Å². The fourth-order valence-corrected chi connectivity index (χ4v) is 2.77. The van der Waals surface area contributed by atoms with Gasteiger partial charge in [0.2, 0.25) is 0 Å². The van der Waals surface area contributed by atoms with Crippen molar-refractivity contribution in [3.63, 3.8) is 0 Å². The number of halogens is 1. The summed E-state index contributed by atoms with van der Waals surface area (Å²) in [6, 6.07) is 21.4. The van der Waals surface area contributed by atoms with Gasteiger partial charge in [-0.05, 0) is 25.1 Å². The van der Waals surface area contributed by atoms with Gasteiger partial charge in [0.25, 0.3) is 0 Å². The first kappa shape index (κ1) is 18.6. The lowest BCUT2D eigenvalue weighted by atomic mass is 10.0. The summed E-state index contributed by atoms with van der Waals surface area (Å²) in [5, 5.41) is 3.51. The summed E-state index contributed by atoms with van der Waals surface area (Å²) >= 11 is 6.08. The second kappa shape index (κ2) is 8.47. The molecule has 3 rings (SSSR count). The molecular formula is C23H18ClNO2. The van der Waals surface area contributed by atoms with Gasteiger partial charge >= 0.3 is 0 Å². The quantitative estimate of drug-likeness (QED) is 0.444. The summed E-state index contributed by atoms with van der Waals surface area (Å²) in [7, 11) is 0. The second-order valence-electron chi connectivity index (χ2n) is 6.09. The van der Waals surface area contributed by atoms with Gasteiger partial charge < -0.3 is 5.32 Å². The predicted octanol–water partition coefficient (Wildman–Crippen LogP) is 5.69. The van der Waals surface area contributed by atoms with Crippen molar-refractivity contribution in [2.24, 2.45) is 0 Å². The molecule has 0 saturated heterocycles. The zero-order chi connectivity index (χ0) is 19.2. The van der Waals surface area contributed by atoms with E-state index in [9.17, 15) is 9.59 Å². The fraction of sp³-hybridized carbons (Fsp3) is 0.0435. The molecule has 0 fully saturated rings. The number of nitrogens with one attached hydrogen (secondary N) is 1. The van der Waals surface area contributed by atoms with Crippen molar-refractivity contribution >= 4 is 28.9 Å². The van der Waals surface area contributed by atoms with E-state index in [1.165, 1.54) is 12.3 Å². The lowest BCUT2D eigenvalue weighted by Gasteiger charge is -2.09. The molecule has 0 atom stereocenters. The summed E-state index contributed by atoms with van der Waals surface area (Å²) in [4.78, 5) is 25.0. The highest BCUT2D eigenvalue weighted by atomic mass is 35.5. The van der Waals surface area contributed by atoms with Gasteiger partial charge in [-0.2, -0.15) is 0 Å². The van der Waals surface area contributed by atoms with Gasteiger partial charge in [0, 0.05) is 34.0 Å². The van der Waals surface area contributed by atoms with Gasteiger partial charge in [-0.15, -0.1) is 0 Å². The van der Waals surface area contributed by atoms with Crippen LogP contribution in [0.15, 0.2) is 85.1 Å². The third kappa shape index (κ3) is 4.72. The Morgan fingerprint density at radius 1 is 0.889 bits per heavy atom. The molecule has 134 valence electrons. The van der Waals surface area contributed by atoms with E-state index in [0.717, 1.165) is 5.56 Å². The molecule has 0 aliphatic carbocycles. The Morgan fingerprint density at radius 2 is 1.59 bits per heavy atom. The lowest BCUT2D eigenvalue weighted by Crippen LogP contribution is -2.05. The van der Waals surface area contributed by atoms with E-state index >= 15 is 0 Å². The smallest absolute Gasteiger partial charge is 0.195 e. The Bertz CT molecular complexity index is 993. The molecule has 3 aromatic carbocycles. The minimum absolute atomic E-state index is 0.118. The van der Waals surface area contributed by atoms with Gasteiger partial charge in [0.1, 0.15) is 0 Å². The second-order valence-corrected chi connectivity index (χ2v) is 6.53. The minimum atomic E-state index is -0.125.